The zero-order valence-electron chi connectivity index (χ0n) is 12.9. The first kappa shape index (κ1) is 16.0. The number of hydrogen-bond acceptors (Lipinski definition) is 2. The van der Waals surface area contributed by atoms with Gasteiger partial charge in [-0.25, -0.2) is 4.98 Å². The van der Waals surface area contributed by atoms with E-state index in [0.717, 1.165) is 53.7 Å². The van der Waals surface area contributed by atoms with Crippen molar-refractivity contribution in [2.24, 2.45) is 0 Å². The summed E-state index contributed by atoms with van der Waals surface area (Å²) in [6.07, 6.45) is 4.00. The molecule has 0 radical (unpaired) electrons. The third-order valence-corrected chi connectivity index (χ3v) is 4.19. The van der Waals surface area contributed by atoms with Crippen molar-refractivity contribution in [2.45, 2.75) is 40.2 Å². The lowest BCUT2D eigenvalue weighted by molar-refractivity contribution is 0.0762. The van der Waals surface area contributed by atoms with E-state index in [9.17, 15) is 4.79 Å². The standard InChI is InChI=1S/C16H22BrN3O/c1-4-7-8-20-13(16(21)19(5-2)6-3)9-12-10-15(17)18-11-14(12)20/h9-11H,4-8H2,1-3H3. The van der Waals surface area contributed by atoms with Crippen molar-refractivity contribution >= 4 is 32.7 Å². The van der Waals surface area contributed by atoms with Crippen LogP contribution < -0.4 is 0 Å². The van der Waals surface area contributed by atoms with Crippen LogP contribution in [-0.2, 0) is 6.54 Å². The second kappa shape index (κ2) is 7.07. The number of rotatable bonds is 6. The zero-order chi connectivity index (χ0) is 15.4. The number of amides is 1. The Balaban J connectivity index is 2.52. The second-order valence-electron chi connectivity index (χ2n) is 5.08. The quantitative estimate of drug-likeness (QED) is 0.735. The highest BCUT2D eigenvalue weighted by molar-refractivity contribution is 9.10. The summed E-state index contributed by atoms with van der Waals surface area (Å²) in [6, 6.07) is 3.95. The fraction of sp³-hybridized carbons (Fsp3) is 0.500. The molecule has 5 heteroatoms. The minimum Gasteiger partial charge on any atom is -0.338 e. The summed E-state index contributed by atoms with van der Waals surface area (Å²) in [5.41, 5.74) is 1.80. The van der Waals surface area contributed by atoms with Crippen LogP contribution in [0.5, 0.6) is 0 Å². The average molecular weight is 352 g/mol. The molecule has 4 nitrogen and oxygen atoms in total. The summed E-state index contributed by atoms with van der Waals surface area (Å²) in [6.45, 7) is 8.49. The lowest BCUT2D eigenvalue weighted by atomic mass is 10.3. The molecule has 0 aliphatic rings. The van der Waals surface area contributed by atoms with Crippen LogP contribution >= 0.6 is 15.9 Å². The molecule has 2 rings (SSSR count). The van der Waals surface area contributed by atoms with Crippen LogP contribution in [0, 0.1) is 0 Å². The normalized spacial score (nSPS) is 11.0. The van der Waals surface area contributed by atoms with Gasteiger partial charge in [-0.2, -0.15) is 0 Å². The van der Waals surface area contributed by atoms with Crippen LogP contribution in [0.1, 0.15) is 44.1 Å². The van der Waals surface area contributed by atoms with Gasteiger partial charge in [-0.1, -0.05) is 13.3 Å². The molecule has 0 atom stereocenters. The Morgan fingerprint density at radius 2 is 2.00 bits per heavy atom. The third kappa shape index (κ3) is 3.28. The van der Waals surface area contributed by atoms with Crippen molar-refractivity contribution < 1.29 is 4.79 Å². The molecule has 0 aliphatic carbocycles. The van der Waals surface area contributed by atoms with Crippen LogP contribution in [-0.4, -0.2) is 33.4 Å². The van der Waals surface area contributed by atoms with Gasteiger partial charge < -0.3 is 9.47 Å². The molecule has 2 heterocycles. The SMILES string of the molecule is CCCCn1c(C(=O)N(CC)CC)cc2cc(Br)ncc21. The van der Waals surface area contributed by atoms with E-state index in [4.69, 9.17) is 0 Å². The van der Waals surface area contributed by atoms with Gasteiger partial charge in [0.1, 0.15) is 10.3 Å². The number of aryl methyl sites for hydroxylation is 1. The Bertz CT molecular complexity index is 632. The van der Waals surface area contributed by atoms with Gasteiger partial charge in [0.05, 0.1) is 11.7 Å². The molecule has 0 N–H and O–H groups in total. The molecule has 0 bridgehead atoms. The summed E-state index contributed by atoms with van der Waals surface area (Å²) in [5, 5.41) is 1.06. The second-order valence-corrected chi connectivity index (χ2v) is 5.89. The first-order valence-electron chi connectivity index (χ1n) is 7.56. The topological polar surface area (TPSA) is 38.1 Å². The molecule has 0 aliphatic heterocycles. The van der Waals surface area contributed by atoms with E-state index in [-0.39, 0.29) is 5.91 Å². The summed E-state index contributed by atoms with van der Waals surface area (Å²) in [7, 11) is 0. The number of pyridine rings is 1. The molecule has 2 aromatic rings. The summed E-state index contributed by atoms with van der Waals surface area (Å²) < 4.78 is 2.91. The number of halogens is 1. The van der Waals surface area contributed by atoms with E-state index in [1.807, 2.05) is 37.1 Å². The van der Waals surface area contributed by atoms with Gasteiger partial charge in [0.2, 0.25) is 0 Å². The van der Waals surface area contributed by atoms with Crippen LogP contribution in [0.4, 0.5) is 0 Å². The number of carbonyl (C=O) groups is 1. The highest BCUT2D eigenvalue weighted by Gasteiger charge is 2.19. The smallest absolute Gasteiger partial charge is 0.270 e. The van der Waals surface area contributed by atoms with Crippen molar-refractivity contribution in [3.05, 3.63) is 28.6 Å². The fourth-order valence-corrected chi connectivity index (χ4v) is 2.89. The number of hydrogen-bond donors (Lipinski definition) is 0. The number of carbonyl (C=O) groups excluding carboxylic acids is 1. The molecule has 0 saturated heterocycles. The lowest BCUT2D eigenvalue weighted by Crippen LogP contribution is -2.32. The first-order valence-corrected chi connectivity index (χ1v) is 8.35. The maximum absolute atomic E-state index is 12.7. The van der Waals surface area contributed by atoms with Gasteiger partial charge in [0.25, 0.3) is 5.91 Å². The highest BCUT2D eigenvalue weighted by atomic mass is 79.9. The summed E-state index contributed by atoms with van der Waals surface area (Å²) >= 11 is 3.40. The number of nitrogens with zero attached hydrogens (tertiary/aromatic N) is 3. The van der Waals surface area contributed by atoms with Gasteiger partial charge in [-0.3, -0.25) is 4.79 Å². The van der Waals surface area contributed by atoms with Gasteiger partial charge in [0.15, 0.2) is 0 Å². The van der Waals surface area contributed by atoms with Crippen LogP contribution in [0.3, 0.4) is 0 Å². The van der Waals surface area contributed by atoms with Crippen molar-refractivity contribution in [3.63, 3.8) is 0 Å². The third-order valence-electron chi connectivity index (χ3n) is 3.76. The molecule has 2 aromatic heterocycles. The molecule has 0 spiro atoms. The van der Waals surface area contributed by atoms with Gasteiger partial charge in [-0.05, 0) is 48.3 Å². The van der Waals surface area contributed by atoms with Crippen LogP contribution in [0.2, 0.25) is 0 Å². The molecule has 0 fully saturated rings. The van der Waals surface area contributed by atoms with Crippen LogP contribution in [0.25, 0.3) is 10.9 Å². The molecular formula is C16H22BrN3O. The van der Waals surface area contributed by atoms with Gasteiger partial charge in [0, 0.05) is 25.0 Å². The van der Waals surface area contributed by atoms with Crippen LogP contribution in [0.15, 0.2) is 22.9 Å². The molecular weight excluding hydrogens is 330 g/mol. The Morgan fingerprint density at radius 3 is 2.62 bits per heavy atom. The minimum atomic E-state index is 0.100. The highest BCUT2D eigenvalue weighted by Crippen LogP contribution is 2.23. The van der Waals surface area contributed by atoms with E-state index >= 15 is 0 Å². The van der Waals surface area contributed by atoms with E-state index in [2.05, 4.69) is 32.4 Å². The monoisotopic (exact) mass is 351 g/mol. The van der Waals surface area contributed by atoms with Crippen molar-refractivity contribution in [3.8, 4) is 0 Å². The maximum Gasteiger partial charge on any atom is 0.270 e. The molecule has 0 saturated carbocycles. The molecule has 0 unspecified atom stereocenters. The van der Waals surface area contributed by atoms with Gasteiger partial charge >= 0.3 is 0 Å². The number of fused-ring (bicyclic) bond motifs is 1. The maximum atomic E-state index is 12.7. The predicted octanol–water partition coefficient (Wildman–Crippen LogP) is 4.08. The fourth-order valence-electron chi connectivity index (χ4n) is 2.54. The number of unbranched alkanes of at least 4 members (excludes halogenated alkanes) is 1. The molecule has 21 heavy (non-hydrogen) atoms. The Labute approximate surface area is 134 Å². The summed E-state index contributed by atoms with van der Waals surface area (Å²) in [5.74, 6) is 0.100. The largest absolute Gasteiger partial charge is 0.338 e. The Kier molecular flexibility index (Phi) is 5.39. The average Bonchev–Trinajstić information content (AvgIpc) is 2.83. The first-order chi connectivity index (χ1) is 10.1. The zero-order valence-corrected chi connectivity index (χ0v) is 14.5. The molecule has 114 valence electrons. The molecule has 0 aromatic carbocycles. The van der Waals surface area contributed by atoms with Crippen molar-refractivity contribution in [2.75, 3.05) is 13.1 Å². The van der Waals surface area contributed by atoms with E-state index in [0.29, 0.717) is 0 Å². The van der Waals surface area contributed by atoms with E-state index < -0.39 is 0 Å². The van der Waals surface area contributed by atoms with Gasteiger partial charge in [-0.15, -0.1) is 0 Å². The van der Waals surface area contributed by atoms with Crippen molar-refractivity contribution in [1.82, 2.24) is 14.5 Å². The Morgan fingerprint density at radius 1 is 1.29 bits per heavy atom. The Hall–Kier alpha value is -1.36. The predicted molar refractivity (Wildman–Crippen MR) is 89.6 cm³/mol. The van der Waals surface area contributed by atoms with E-state index in [1.54, 1.807) is 0 Å². The van der Waals surface area contributed by atoms with Crippen molar-refractivity contribution in [1.29, 1.82) is 0 Å². The molecule has 1 amide bonds. The minimum absolute atomic E-state index is 0.100. The van der Waals surface area contributed by atoms with E-state index in [1.165, 1.54) is 0 Å². The number of aromatic nitrogens is 2. The lowest BCUT2D eigenvalue weighted by Gasteiger charge is -2.20. The summed E-state index contributed by atoms with van der Waals surface area (Å²) in [4.78, 5) is 18.9.